The molecular weight excluding hydrogens is 291 g/mol. The Balaban J connectivity index is 1.92. The highest BCUT2D eigenvalue weighted by atomic mass is 32.2. The van der Waals surface area contributed by atoms with Crippen molar-refractivity contribution in [3.63, 3.8) is 0 Å². The third kappa shape index (κ3) is 3.12. The molecule has 2 saturated carbocycles. The number of nitrogens with one attached hydrogen (secondary N) is 1. The highest BCUT2D eigenvalue weighted by Gasteiger charge is 2.43. The van der Waals surface area contributed by atoms with Crippen molar-refractivity contribution >= 4 is 10.0 Å². The number of benzene rings is 1. The highest BCUT2D eigenvalue weighted by Crippen LogP contribution is 2.45. The zero-order chi connectivity index (χ0) is 15.2. The molecule has 0 atom stereocenters. The van der Waals surface area contributed by atoms with E-state index in [0.29, 0.717) is 17.4 Å². The van der Waals surface area contributed by atoms with Crippen molar-refractivity contribution in [3.8, 4) is 0 Å². The van der Waals surface area contributed by atoms with E-state index in [1.54, 1.807) is 0 Å². The van der Waals surface area contributed by atoms with Crippen molar-refractivity contribution in [1.82, 2.24) is 4.72 Å². The van der Waals surface area contributed by atoms with E-state index >= 15 is 0 Å². The molecule has 0 aromatic heterocycles. The summed E-state index contributed by atoms with van der Waals surface area (Å²) in [6, 6.07) is 2.80. The van der Waals surface area contributed by atoms with E-state index < -0.39 is 15.8 Å². The summed E-state index contributed by atoms with van der Waals surface area (Å²) in [6.45, 7) is 1.61. The van der Waals surface area contributed by atoms with Crippen molar-refractivity contribution in [1.29, 1.82) is 0 Å². The quantitative estimate of drug-likeness (QED) is 0.844. The minimum atomic E-state index is -3.70. The monoisotopic (exact) mass is 312 g/mol. The minimum Gasteiger partial charge on any atom is -0.326 e. The molecule has 3 N–H and O–H groups in total. The zero-order valence-electron chi connectivity index (χ0n) is 12.1. The van der Waals surface area contributed by atoms with E-state index in [4.69, 9.17) is 5.73 Å². The molecule has 1 aromatic carbocycles. The van der Waals surface area contributed by atoms with Crippen LogP contribution in [0, 0.1) is 24.6 Å². The number of sulfonamides is 1. The molecule has 1 aromatic rings. The number of hydrogen-bond acceptors (Lipinski definition) is 3. The smallest absolute Gasteiger partial charge is 0.241 e. The predicted octanol–water partition coefficient (Wildman–Crippen LogP) is 2.06. The Morgan fingerprint density at radius 2 is 1.86 bits per heavy atom. The second-order valence-corrected chi connectivity index (χ2v) is 7.91. The Hall–Kier alpha value is -0.980. The molecule has 116 valence electrons. The SMILES string of the molecule is Cc1c(F)cc(CN)cc1S(=O)(=O)NC(C1CC1)C1CC1. The fourth-order valence-electron chi connectivity index (χ4n) is 2.83. The van der Waals surface area contributed by atoms with Gasteiger partial charge in [-0.2, -0.15) is 0 Å². The molecule has 0 heterocycles. The van der Waals surface area contributed by atoms with Crippen LogP contribution in [-0.4, -0.2) is 14.5 Å². The van der Waals surface area contributed by atoms with Crippen LogP contribution in [-0.2, 0) is 16.6 Å². The molecule has 0 saturated heterocycles. The van der Waals surface area contributed by atoms with E-state index in [0.717, 1.165) is 25.7 Å². The summed E-state index contributed by atoms with van der Waals surface area (Å²) in [5.41, 5.74) is 6.17. The summed E-state index contributed by atoms with van der Waals surface area (Å²) >= 11 is 0. The molecule has 0 bridgehead atoms. The first kappa shape index (κ1) is 14.9. The molecule has 0 aliphatic heterocycles. The van der Waals surface area contributed by atoms with Gasteiger partial charge in [-0.05, 0) is 62.1 Å². The molecule has 0 unspecified atom stereocenters. The third-order valence-corrected chi connectivity index (χ3v) is 6.02. The lowest BCUT2D eigenvalue weighted by atomic mass is 10.1. The minimum absolute atomic E-state index is 0.0130. The summed E-state index contributed by atoms with van der Waals surface area (Å²) < 4.78 is 42.0. The van der Waals surface area contributed by atoms with Crippen LogP contribution in [0.3, 0.4) is 0 Å². The van der Waals surface area contributed by atoms with Crippen molar-refractivity contribution < 1.29 is 12.8 Å². The molecule has 0 spiro atoms. The van der Waals surface area contributed by atoms with Gasteiger partial charge in [0.15, 0.2) is 0 Å². The molecule has 3 rings (SSSR count). The summed E-state index contributed by atoms with van der Waals surface area (Å²) in [6.07, 6.45) is 4.33. The maximum Gasteiger partial charge on any atom is 0.241 e. The molecular formula is C15H21FN2O2S. The summed E-state index contributed by atoms with van der Waals surface area (Å²) in [5.74, 6) is 0.387. The van der Waals surface area contributed by atoms with Crippen LogP contribution in [0.4, 0.5) is 4.39 Å². The molecule has 2 aliphatic carbocycles. The van der Waals surface area contributed by atoms with Gasteiger partial charge in [-0.15, -0.1) is 0 Å². The summed E-state index contributed by atoms with van der Waals surface area (Å²) in [4.78, 5) is 0.0225. The fraction of sp³-hybridized carbons (Fsp3) is 0.600. The summed E-state index contributed by atoms with van der Waals surface area (Å²) in [7, 11) is -3.70. The van der Waals surface area contributed by atoms with Gasteiger partial charge in [-0.3, -0.25) is 0 Å². The van der Waals surface area contributed by atoms with Crippen LogP contribution in [0.15, 0.2) is 17.0 Å². The maximum atomic E-state index is 13.9. The predicted molar refractivity (Wildman–Crippen MR) is 78.6 cm³/mol. The molecule has 2 fully saturated rings. The Bertz CT molecular complexity index is 640. The van der Waals surface area contributed by atoms with Crippen LogP contribution in [0.25, 0.3) is 0 Å². The average molecular weight is 312 g/mol. The number of rotatable bonds is 6. The first-order valence-corrected chi connectivity index (χ1v) is 8.92. The molecule has 2 aliphatic rings. The fourth-order valence-corrected chi connectivity index (χ4v) is 4.51. The van der Waals surface area contributed by atoms with Crippen molar-refractivity contribution in [2.45, 2.75) is 50.1 Å². The van der Waals surface area contributed by atoms with Crippen molar-refractivity contribution in [3.05, 3.63) is 29.1 Å². The zero-order valence-corrected chi connectivity index (χ0v) is 12.9. The molecule has 21 heavy (non-hydrogen) atoms. The van der Waals surface area contributed by atoms with Crippen LogP contribution in [0.2, 0.25) is 0 Å². The standard InChI is InChI=1S/C15H21FN2O2S/c1-9-13(16)6-10(8-17)7-14(9)21(19,20)18-15(11-2-3-11)12-4-5-12/h6-7,11-12,15,18H,2-5,8,17H2,1H3. The van der Waals surface area contributed by atoms with E-state index in [-0.39, 0.29) is 23.0 Å². The lowest BCUT2D eigenvalue weighted by Gasteiger charge is -2.19. The topological polar surface area (TPSA) is 72.2 Å². The van der Waals surface area contributed by atoms with Crippen molar-refractivity contribution in [2.24, 2.45) is 17.6 Å². The molecule has 4 nitrogen and oxygen atoms in total. The van der Waals surface area contributed by atoms with E-state index in [1.165, 1.54) is 19.1 Å². The van der Waals surface area contributed by atoms with Crippen LogP contribution in [0.1, 0.15) is 36.8 Å². The maximum absolute atomic E-state index is 13.9. The Morgan fingerprint density at radius 1 is 1.29 bits per heavy atom. The molecule has 0 amide bonds. The Labute approximate surface area is 125 Å². The number of halogens is 1. The van der Waals surface area contributed by atoms with Crippen LogP contribution in [0.5, 0.6) is 0 Å². The van der Waals surface area contributed by atoms with Gasteiger partial charge < -0.3 is 5.73 Å². The van der Waals surface area contributed by atoms with Gasteiger partial charge in [0.05, 0.1) is 4.90 Å². The lowest BCUT2D eigenvalue weighted by Crippen LogP contribution is -2.38. The molecule has 6 heteroatoms. The molecule has 0 radical (unpaired) electrons. The highest BCUT2D eigenvalue weighted by molar-refractivity contribution is 7.89. The van der Waals surface area contributed by atoms with Crippen LogP contribution >= 0.6 is 0 Å². The van der Waals surface area contributed by atoms with Crippen LogP contribution < -0.4 is 10.5 Å². The van der Waals surface area contributed by atoms with E-state index in [9.17, 15) is 12.8 Å². The Morgan fingerprint density at radius 3 is 2.33 bits per heavy atom. The first-order valence-electron chi connectivity index (χ1n) is 7.44. The number of hydrogen-bond donors (Lipinski definition) is 2. The second-order valence-electron chi connectivity index (χ2n) is 6.23. The average Bonchev–Trinajstić information content (AvgIpc) is 3.30. The van der Waals surface area contributed by atoms with E-state index in [2.05, 4.69) is 4.72 Å². The number of nitrogens with two attached hydrogens (primary N) is 1. The second kappa shape index (κ2) is 5.34. The van der Waals surface area contributed by atoms with Crippen molar-refractivity contribution in [2.75, 3.05) is 0 Å². The largest absolute Gasteiger partial charge is 0.326 e. The van der Waals surface area contributed by atoms with Gasteiger partial charge in [0.2, 0.25) is 10.0 Å². The third-order valence-electron chi connectivity index (χ3n) is 4.43. The van der Waals surface area contributed by atoms with Gasteiger partial charge >= 0.3 is 0 Å². The Kier molecular flexibility index (Phi) is 3.80. The van der Waals surface area contributed by atoms with Gasteiger partial charge in [-0.1, -0.05) is 0 Å². The van der Waals surface area contributed by atoms with Gasteiger partial charge in [0.1, 0.15) is 5.82 Å². The van der Waals surface area contributed by atoms with Gasteiger partial charge in [-0.25, -0.2) is 17.5 Å². The first-order chi connectivity index (χ1) is 9.92. The summed E-state index contributed by atoms with van der Waals surface area (Å²) in [5, 5.41) is 0. The van der Waals surface area contributed by atoms with E-state index in [1.807, 2.05) is 0 Å². The lowest BCUT2D eigenvalue weighted by molar-refractivity contribution is 0.470. The normalized spacial score (nSPS) is 19.2. The van der Waals surface area contributed by atoms with Gasteiger partial charge in [0, 0.05) is 18.2 Å². The van der Waals surface area contributed by atoms with Gasteiger partial charge in [0.25, 0.3) is 0 Å².